The molecule has 1 amide bonds. The maximum absolute atomic E-state index is 13.0. The summed E-state index contributed by atoms with van der Waals surface area (Å²) >= 11 is 0. The number of halogens is 4. The Morgan fingerprint density at radius 2 is 1.88 bits per heavy atom. The van der Waals surface area contributed by atoms with Crippen molar-refractivity contribution in [3.63, 3.8) is 0 Å². The first-order valence-electron chi connectivity index (χ1n) is 7.51. The van der Waals surface area contributed by atoms with E-state index < -0.39 is 23.5 Å². The van der Waals surface area contributed by atoms with Crippen molar-refractivity contribution in [2.24, 2.45) is 0 Å². The van der Waals surface area contributed by atoms with Crippen LogP contribution in [0.4, 0.5) is 17.6 Å². The summed E-state index contributed by atoms with van der Waals surface area (Å²) in [6, 6.07) is 5.63. The highest BCUT2D eigenvalue weighted by Crippen LogP contribution is 2.33. The van der Waals surface area contributed by atoms with Crippen molar-refractivity contribution >= 4 is 5.91 Å². The van der Waals surface area contributed by atoms with E-state index in [1.54, 1.807) is 4.68 Å². The average molecular weight is 357 g/mol. The van der Waals surface area contributed by atoms with Crippen molar-refractivity contribution in [1.82, 2.24) is 14.7 Å². The van der Waals surface area contributed by atoms with Crippen molar-refractivity contribution in [3.8, 4) is 5.69 Å². The first-order valence-corrected chi connectivity index (χ1v) is 7.51. The molecule has 0 saturated carbocycles. The highest BCUT2D eigenvalue weighted by Gasteiger charge is 2.57. The second-order valence-electron chi connectivity index (χ2n) is 6.05. The fourth-order valence-corrected chi connectivity index (χ4v) is 2.74. The zero-order chi connectivity index (χ0) is 18.4. The number of hydrogen-bond acceptors (Lipinski definition) is 3. The van der Waals surface area contributed by atoms with Crippen LogP contribution in [-0.2, 0) is 17.8 Å². The molecule has 25 heavy (non-hydrogen) atoms. The molecule has 1 unspecified atom stereocenters. The highest BCUT2D eigenvalue weighted by atomic mass is 19.4. The fraction of sp³-hybridized carbons (Fsp3) is 0.375. The Kier molecular flexibility index (Phi) is 4.06. The maximum Gasteiger partial charge on any atom is 0.426 e. The lowest BCUT2D eigenvalue weighted by molar-refractivity contribution is -0.250. The molecule has 1 aliphatic rings. The summed E-state index contributed by atoms with van der Waals surface area (Å²) in [5.74, 6) is -1.78. The number of carbonyl (C=O) groups excluding carboxylic acids is 1. The van der Waals surface area contributed by atoms with Gasteiger partial charge in [0.15, 0.2) is 0 Å². The smallest absolute Gasteiger partial charge is 0.373 e. The molecule has 1 atom stereocenters. The Labute approximate surface area is 140 Å². The summed E-state index contributed by atoms with van der Waals surface area (Å²) in [5, 5.41) is 13.7. The predicted molar refractivity (Wildman–Crippen MR) is 79.3 cm³/mol. The van der Waals surface area contributed by atoms with Crippen LogP contribution in [0.3, 0.4) is 0 Å². The molecule has 0 spiro atoms. The largest absolute Gasteiger partial charge is 0.426 e. The first kappa shape index (κ1) is 17.4. The van der Waals surface area contributed by atoms with E-state index >= 15 is 0 Å². The lowest BCUT2D eigenvalue weighted by atomic mass is 10.0. The molecule has 2 heterocycles. The van der Waals surface area contributed by atoms with E-state index in [1.807, 2.05) is 0 Å². The van der Waals surface area contributed by atoms with E-state index in [0.717, 1.165) is 10.6 Å². The van der Waals surface area contributed by atoms with Crippen LogP contribution in [-0.4, -0.2) is 44.0 Å². The summed E-state index contributed by atoms with van der Waals surface area (Å²) in [7, 11) is 0. The zero-order valence-corrected chi connectivity index (χ0v) is 13.2. The number of aromatic nitrogens is 2. The van der Waals surface area contributed by atoms with Crippen LogP contribution in [0.5, 0.6) is 0 Å². The van der Waals surface area contributed by atoms with Crippen molar-refractivity contribution in [2.75, 3.05) is 6.54 Å². The summed E-state index contributed by atoms with van der Waals surface area (Å²) in [5.41, 5.74) is -1.49. The van der Waals surface area contributed by atoms with E-state index in [-0.39, 0.29) is 19.5 Å². The number of carbonyl (C=O) groups is 1. The van der Waals surface area contributed by atoms with Gasteiger partial charge < -0.3 is 10.0 Å². The minimum atomic E-state index is -5.05. The summed E-state index contributed by atoms with van der Waals surface area (Å²) in [6.07, 6.45) is -3.32. The van der Waals surface area contributed by atoms with Gasteiger partial charge in [0.25, 0.3) is 5.91 Å². The average Bonchev–Trinajstić information content (AvgIpc) is 2.97. The third kappa shape index (κ3) is 2.99. The summed E-state index contributed by atoms with van der Waals surface area (Å²) < 4.78 is 53.1. The minimum Gasteiger partial charge on any atom is -0.373 e. The number of aliphatic hydroxyl groups is 1. The van der Waals surface area contributed by atoms with Crippen LogP contribution < -0.4 is 0 Å². The quantitative estimate of drug-likeness (QED) is 0.839. The molecular weight excluding hydrogens is 342 g/mol. The Morgan fingerprint density at radius 1 is 1.24 bits per heavy atom. The number of alkyl halides is 3. The molecule has 1 aromatic heterocycles. The number of nitrogens with zero attached hydrogens (tertiary/aromatic N) is 3. The molecule has 1 aromatic carbocycles. The van der Waals surface area contributed by atoms with Crippen LogP contribution in [0.15, 0.2) is 30.5 Å². The molecule has 1 aliphatic heterocycles. The molecule has 9 heteroatoms. The molecule has 1 N–H and O–H groups in total. The Balaban J connectivity index is 1.84. The Morgan fingerprint density at radius 3 is 2.48 bits per heavy atom. The fourth-order valence-electron chi connectivity index (χ4n) is 2.74. The van der Waals surface area contributed by atoms with Crippen LogP contribution >= 0.6 is 0 Å². The standard InChI is InChI=1S/C16H15F4N3O2/c1-15(25,16(18,19)20)14(24)22-7-6-13-10(9-22)8-21-23(13)12-4-2-11(17)3-5-12/h2-5,8,25H,6-7,9H2,1H3. The second kappa shape index (κ2) is 5.83. The lowest BCUT2D eigenvalue weighted by Crippen LogP contribution is -2.56. The highest BCUT2D eigenvalue weighted by molar-refractivity contribution is 5.85. The molecule has 0 aliphatic carbocycles. The third-order valence-corrected chi connectivity index (χ3v) is 4.26. The van der Waals surface area contributed by atoms with Gasteiger partial charge in [-0.3, -0.25) is 4.79 Å². The topological polar surface area (TPSA) is 58.4 Å². The van der Waals surface area contributed by atoms with Gasteiger partial charge in [0.05, 0.1) is 17.6 Å². The molecule has 5 nitrogen and oxygen atoms in total. The maximum atomic E-state index is 13.0. The molecule has 0 saturated heterocycles. The molecule has 0 fully saturated rings. The van der Waals surface area contributed by atoms with E-state index in [4.69, 9.17) is 0 Å². The van der Waals surface area contributed by atoms with E-state index in [0.29, 0.717) is 18.2 Å². The monoisotopic (exact) mass is 357 g/mol. The van der Waals surface area contributed by atoms with Gasteiger partial charge in [0, 0.05) is 25.1 Å². The molecule has 0 bridgehead atoms. The molecule has 3 rings (SSSR count). The van der Waals surface area contributed by atoms with Crippen LogP contribution in [0.1, 0.15) is 18.2 Å². The van der Waals surface area contributed by atoms with E-state index in [1.165, 1.54) is 30.5 Å². The Bertz CT molecular complexity index is 797. The van der Waals surface area contributed by atoms with Crippen LogP contribution in [0.25, 0.3) is 5.69 Å². The van der Waals surface area contributed by atoms with Gasteiger partial charge in [-0.1, -0.05) is 0 Å². The van der Waals surface area contributed by atoms with Gasteiger partial charge in [-0.15, -0.1) is 0 Å². The second-order valence-corrected chi connectivity index (χ2v) is 6.05. The zero-order valence-electron chi connectivity index (χ0n) is 13.2. The van der Waals surface area contributed by atoms with Crippen molar-refractivity contribution < 1.29 is 27.5 Å². The van der Waals surface area contributed by atoms with Crippen molar-refractivity contribution in [3.05, 3.63) is 47.5 Å². The van der Waals surface area contributed by atoms with Crippen molar-refractivity contribution in [2.45, 2.75) is 31.7 Å². The van der Waals surface area contributed by atoms with Gasteiger partial charge in [-0.05, 0) is 31.2 Å². The summed E-state index contributed by atoms with van der Waals surface area (Å²) in [4.78, 5) is 13.0. The third-order valence-electron chi connectivity index (χ3n) is 4.26. The van der Waals surface area contributed by atoms with Gasteiger partial charge in [0.1, 0.15) is 5.82 Å². The first-order chi connectivity index (χ1) is 11.6. The Hall–Kier alpha value is -2.42. The van der Waals surface area contributed by atoms with Gasteiger partial charge in [-0.2, -0.15) is 18.3 Å². The minimum absolute atomic E-state index is 0.0188. The number of amides is 1. The van der Waals surface area contributed by atoms with E-state index in [9.17, 15) is 27.5 Å². The number of hydrogen-bond donors (Lipinski definition) is 1. The van der Waals surface area contributed by atoms with Crippen molar-refractivity contribution in [1.29, 1.82) is 0 Å². The summed E-state index contributed by atoms with van der Waals surface area (Å²) in [6.45, 7) is 0.388. The van der Waals surface area contributed by atoms with E-state index in [2.05, 4.69) is 5.10 Å². The normalized spacial score (nSPS) is 17.1. The number of benzene rings is 1. The van der Waals surface area contributed by atoms with Gasteiger partial charge in [-0.25, -0.2) is 9.07 Å². The van der Waals surface area contributed by atoms with Crippen LogP contribution in [0.2, 0.25) is 0 Å². The molecule has 2 aromatic rings. The molecule has 0 radical (unpaired) electrons. The van der Waals surface area contributed by atoms with Gasteiger partial charge >= 0.3 is 6.18 Å². The lowest BCUT2D eigenvalue weighted by Gasteiger charge is -2.34. The molecule has 134 valence electrons. The SMILES string of the molecule is CC(O)(C(=O)N1CCc2c(cnn2-c2ccc(F)cc2)C1)C(F)(F)F. The number of fused-ring (bicyclic) bond motifs is 1. The molecular formula is C16H15F4N3O2. The number of rotatable bonds is 2. The van der Waals surface area contributed by atoms with Gasteiger partial charge in [0.2, 0.25) is 5.60 Å². The van der Waals surface area contributed by atoms with Crippen LogP contribution in [0, 0.1) is 5.82 Å². The predicted octanol–water partition coefficient (Wildman–Crippen LogP) is 2.21.